The molecule has 0 saturated heterocycles. The van der Waals surface area contributed by atoms with E-state index in [1.807, 2.05) is 44.2 Å². The van der Waals surface area contributed by atoms with Crippen LogP contribution in [0.5, 0.6) is 0 Å². The lowest BCUT2D eigenvalue weighted by atomic mass is 10.1. The second kappa shape index (κ2) is 7.35. The van der Waals surface area contributed by atoms with E-state index in [0.717, 1.165) is 16.8 Å². The highest BCUT2D eigenvalue weighted by Gasteiger charge is 2.14. The molecule has 1 aromatic carbocycles. The highest BCUT2D eigenvalue weighted by atomic mass is 32.2. The second-order valence-corrected chi connectivity index (χ2v) is 6.49. The zero-order chi connectivity index (χ0) is 17.8. The molecular weight excluding hydrogens is 336 g/mol. The first-order valence-corrected chi connectivity index (χ1v) is 8.65. The van der Waals surface area contributed by atoms with Crippen LogP contribution in [0.15, 0.2) is 47.8 Å². The number of nitrogens with two attached hydrogens (primary N) is 1. The van der Waals surface area contributed by atoms with Crippen molar-refractivity contribution in [1.82, 2.24) is 19.9 Å². The molecule has 7 nitrogen and oxygen atoms in total. The number of anilines is 1. The van der Waals surface area contributed by atoms with Gasteiger partial charge in [-0.2, -0.15) is 0 Å². The van der Waals surface area contributed by atoms with Crippen molar-refractivity contribution < 1.29 is 4.79 Å². The molecule has 0 unspecified atom stereocenters. The van der Waals surface area contributed by atoms with Gasteiger partial charge in [-0.15, -0.1) is 10.2 Å². The van der Waals surface area contributed by atoms with Crippen LogP contribution >= 0.6 is 11.8 Å². The summed E-state index contributed by atoms with van der Waals surface area (Å²) in [4.78, 5) is 16.4. The van der Waals surface area contributed by atoms with Crippen molar-refractivity contribution in [2.45, 2.75) is 19.0 Å². The lowest BCUT2D eigenvalue weighted by Crippen LogP contribution is -2.17. The summed E-state index contributed by atoms with van der Waals surface area (Å²) in [5, 5.41) is 11.4. The van der Waals surface area contributed by atoms with E-state index in [2.05, 4.69) is 20.5 Å². The first-order valence-electron chi connectivity index (χ1n) is 7.66. The Hall–Kier alpha value is -2.87. The van der Waals surface area contributed by atoms with Gasteiger partial charge in [-0.05, 0) is 37.6 Å². The summed E-state index contributed by atoms with van der Waals surface area (Å²) in [6.07, 6.45) is 1.66. The fourth-order valence-electron chi connectivity index (χ4n) is 2.32. The summed E-state index contributed by atoms with van der Waals surface area (Å²) in [7, 11) is 0. The number of amides is 1. The molecule has 0 atom stereocenters. The topological polar surface area (TPSA) is 98.7 Å². The van der Waals surface area contributed by atoms with Crippen LogP contribution < -0.4 is 11.2 Å². The Morgan fingerprint density at radius 2 is 2.08 bits per heavy atom. The monoisotopic (exact) mass is 354 g/mol. The Balaban J connectivity index is 1.64. The van der Waals surface area contributed by atoms with Gasteiger partial charge < -0.3 is 11.2 Å². The zero-order valence-corrected chi connectivity index (χ0v) is 14.7. The molecule has 25 heavy (non-hydrogen) atoms. The fourth-order valence-corrected chi connectivity index (χ4v) is 2.97. The van der Waals surface area contributed by atoms with Gasteiger partial charge in [-0.1, -0.05) is 35.5 Å². The van der Waals surface area contributed by atoms with Crippen LogP contribution in [0.3, 0.4) is 0 Å². The molecule has 3 aromatic rings. The van der Waals surface area contributed by atoms with Crippen LogP contribution in [0.1, 0.15) is 11.1 Å². The van der Waals surface area contributed by atoms with E-state index >= 15 is 0 Å². The first-order chi connectivity index (χ1) is 12.0. The Morgan fingerprint density at radius 1 is 1.24 bits per heavy atom. The second-order valence-electron chi connectivity index (χ2n) is 5.55. The summed E-state index contributed by atoms with van der Waals surface area (Å²) in [5.41, 5.74) is 3.62. The van der Waals surface area contributed by atoms with Crippen molar-refractivity contribution in [3.05, 3.63) is 53.7 Å². The summed E-state index contributed by atoms with van der Waals surface area (Å²) >= 11 is 1.22. The molecule has 0 aliphatic carbocycles. The third-order valence-corrected chi connectivity index (χ3v) is 4.49. The van der Waals surface area contributed by atoms with Gasteiger partial charge >= 0.3 is 0 Å². The standard InChI is InChI=1S/C17H18N6OS/c1-11-6-7-13(12(2)9-11)20-15(24)10-25-17-22-21-16(23(17)18)14-5-3-4-8-19-14/h3-9H,10,18H2,1-2H3,(H,20,24). The SMILES string of the molecule is Cc1ccc(NC(=O)CSc2nnc(-c3ccccn3)n2N)c(C)c1. The largest absolute Gasteiger partial charge is 0.335 e. The van der Waals surface area contributed by atoms with E-state index in [0.29, 0.717) is 16.7 Å². The predicted molar refractivity (Wildman–Crippen MR) is 98.7 cm³/mol. The van der Waals surface area contributed by atoms with Crippen molar-refractivity contribution in [2.75, 3.05) is 16.9 Å². The van der Waals surface area contributed by atoms with E-state index < -0.39 is 0 Å². The van der Waals surface area contributed by atoms with Crippen LogP contribution in [0.2, 0.25) is 0 Å². The number of aryl methyl sites for hydroxylation is 2. The van der Waals surface area contributed by atoms with Gasteiger partial charge in [0.1, 0.15) is 5.69 Å². The van der Waals surface area contributed by atoms with Gasteiger partial charge in [-0.3, -0.25) is 9.78 Å². The maximum atomic E-state index is 12.2. The maximum absolute atomic E-state index is 12.2. The van der Waals surface area contributed by atoms with Crippen LogP contribution in [0.4, 0.5) is 5.69 Å². The number of carbonyl (C=O) groups is 1. The molecule has 3 N–H and O–H groups in total. The number of nitrogens with zero attached hydrogens (tertiary/aromatic N) is 4. The molecule has 0 aliphatic rings. The average molecular weight is 354 g/mol. The molecule has 0 saturated carbocycles. The number of carbonyl (C=O) groups excluding carboxylic acids is 1. The number of nitrogen functional groups attached to an aromatic ring is 1. The van der Waals surface area contributed by atoms with E-state index in [4.69, 9.17) is 5.84 Å². The third-order valence-electron chi connectivity index (χ3n) is 3.55. The van der Waals surface area contributed by atoms with Gasteiger partial charge in [0, 0.05) is 11.9 Å². The molecule has 0 radical (unpaired) electrons. The van der Waals surface area contributed by atoms with Crippen molar-refractivity contribution >= 4 is 23.4 Å². The van der Waals surface area contributed by atoms with Gasteiger partial charge in [0.15, 0.2) is 0 Å². The number of aromatic nitrogens is 4. The van der Waals surface area contributed by atoms with Crippen molar-refractivity contribution in [2.24, 2.45) is 0 Å². The van der Waals surface area contributed by atoms with Crippen LogP contribution in [0, 0.1) is 13.8 Å². The quantitative estimate of drug-likeness (QED) is 0.539. The lowest BCUT2D eigenvalue weighted by Gasteiger charge is -2.09. The van der Waals surface area contributed by atoms with Crippen molar-refractivity contribution in [1.29, 1.82) is 0 Å². The average Bonchev–Trinajstić information content (AvgIpc) is 2.97. The van der Waals surface area contributed by atoms with E-state index in [9.17, 15) is 4.79 Å². The number of hydrogen-bond donors (Lipinski definition) is 2. The Labute approximate surface area is 149 Å². The van der Waals surface area contributed by atoms with Crippen molar-refractivity contribution in [3.8, 4) is 11.5 Å². The molecule has 0 fully saturated rings. The summed E-state index contributed by atoms with van der Waals surface area (Å²) in [6.45, 7) is 3.98. The normalized spacial score (nSPS) is 10.6. The Morgan fingerprint density at radius 3 is 2.80 bits per heavy atom. The number of rotatable bonds is 5. The molecule has 0 spiro atoms. The minimum atomic E-state index is -0.126. The van der Waals surface area contributed by atoms with Crippen LogP contribution in [-0.2, 0) is 4.79 Å². The van der Waals surface area contributed by atoms with Gasteiger partial charge in [0.25, 0.3) is 0 Å². The third kappa shape index (κ3) is 3.97. The number of nitrogens with one attached hydrogen (secondary N) is 1. The lowest BCUT2D eigenvalue weighted by molar-refractivity contribution is -0.113. The fraction of sp³-hybridized carbons (Fsp3) is 0.176. The minimum Gasteiger partial charge on any atom is -0.335 e. The molecule has 2 heterocycles. The highest BCUT2D eigenvalue weighted by Crippen LogP contribution is 2.21. The van der Waals surface area contributed by atoms with Gasteiger partial charge in [0.05, 0.1) is 5.75 Å². The minimum absolute atomic E-state index is 0.126. The highest BCUT2D eigenvalue weighted by molar-refractivity contribution is 7.99. The van der Waals surface area contributed by atoms with Gasteiger partial charge in [-0.25, -0.2) is 4.68 Å². The molecule has 8 heteroatoms. The number of thioether (sulfide) groups is 1. The predicted octanol–water partition coefficient (Wildman–Crippen LogP) is 2.40. The van der Waals surface area contributed by atoms with E-state index in [1.54, 1.807) is 12.3 Å². The molecule has 128 valence electrons. The van der Waals surface area contributed by atoms with Crippen LogP contribution in [0.25, 0.3) is 11.5 Å². The first kappa shape index (κ1) is 17.0. The van der Waals surface area contributed by atoms with E-state index in [1.165, 1.54) is 16.4 Å². The number of benzene rings is 1. The molecule has 0 aliphatic heterocycles. The zero-order valence-electron chi connectivity index (χ0n) is 13.9. The summed E-state index contributed by atoms with van der Waals surface area (Å²) in [5.74, 6) is 6.53. The number of pyridine rings is 1. The molecular formula is C17H18N6OS. The van der Waals surface area contributed by atoms with Crippen LogP contribution in [-0.4, -0.2) is 31.5 Å². The molecule has 0 bridgehead atoms. The Bertz CT molecular complexity index is 893. The molecule has 2 aromatic heterocycles. The summed E-state index contributed by atoms with van der Waals surface area (Å²) in [6, 6.07) is 11.4. The smallest absolute Gasteiger partial charge is 0.234 e. The molecule has 3 rings (SSSR count). The van der Waals surface area contributed by atoms with Gasteiger partial charge in [0.2, 0.25) is 16.9 Å². The maximum Gasteiger partial charge on any atom is 0.234 e. The molecule has 1 amide bonds. The number of hydrogen-bond acceptors (Lipinski definition) is 6. The summed E-state index contributed by atoms with van der Waals surface area (Å²) < 4.78 is 1.34. The van der Waals surface area contributed by atoms with E-state index in [-0.39, 0.29) is 11.7 Å². The van der Waals surface area contributed by atoms with Crippen molar-refractivity contribution in [3.63, 3.8) is 0 Å². The Kier molecular flexibility index (Phi) is 4.99.